The van der Waals surface area contributed by atoms with Crippen LogP contribution in [0.4, 0.5) is 0 Å². The summed E-state index contributed by atoms with van der Waals surface area (Å²) in [5.41, 5.74) is 0.820. The van der Waals surface area contributed by atoms with Gasteiger partial charge in [0.15, 0.2) is 0 Å². The van der Waals surface area contributed by atoms with E-state index in [2.05, 4.69) is 4.98 Å². The monoisotopic (exact) mass is 510 g/mol. The molecule has 1 amide bonds. The van der Waals surface area contributed by atoms with E-state index in [0.717, 1.165) is 37.7 Å². The van der Waals surface area contributed by atoms with Gasteiger partial charge in [0, 0.05) is 31.7 Å². The highest BCUT2D eigenvalue weighted by atomic mass is 32.2. The van der Waals surface area contributed by atoms with Crippen LogP contribution in [0.2, 0.25) is 0 Å². The Bertz CT molecular complexity index is 1500. The third-order valence-electron chi connectivity index (χ3n) is 7.28. The number of para-hydroxylation sites is 1. The number of benzene rings is 2. The van der Waals surface area contributed by atoms with Crippen LogP contribution in [0.15, 0.2) is 58.1 Å². The van der Waals surface area contributed by atoms with E-state index in [1.165, 1.54) is 4.57 Å². The van der Waals surface area contributed by atoms with Crippen LogP contribution in [0.3, 0.4) is 0 Å². The molecule has 1 saturated carbocycles. The van der Waals surface area contributed by atoms with Crippen molar-refractivity contribution in [3.8, 4) is 0 Å². The van der Waals surface area contributed by atoms with Gasteiger partial charge in [-0.05, 0) is 42.7 Å². The van der Waals surface area contributed by atoms with Gasteiger partial charge >= 0.3 is 5.69 Å². The van der Waals surface area contributed by atoms with E-state index in [4.69, 9.17) is 0 Å². The maximum Gasteiger partial charge on any atom is 0.329 e. The minimum atomic E-state index is -3.33. The Labute approximate surface area is 209 Å². The highest BCUT2D eigenvalue weighted by Gasteiger charge is 2.35. The fourth-order valence-corrected chi connectivity index (χ4v) is 7.31. The summed E-state index contributed by atoms with van der Waals surface area (Å²) in [7, 11) is -3.33. The van der Waals surface area contributed by atoms with Gasteiger partial charge in [-0.25, -0.2) is 13.2 Å². The van der Waals surface area contributed by atoms with Crippen LogP contribution < -0.4 is 11.2 Å². The third kappa shape index (κ3) is 4.75. The first kappa shape index (κ1) is 24.5. The molecule has 36 heavy (non-hydrogen) atoms. The SMILES string of the molecule is O=C(c1cccc(Cn2c(=O)[nH]c(=O)c3ccccc32)c1)N1CCN(S(=O)(=O)C2CCCCC2)CC1. The molecule has 1 aliphatic heterocycles. The van der Waals surface area contributed by atoms with E-state index in [1.54, 1.807) is 51.7 Å². The highest BCUT2D eigenvalue weighted by Crippen LogP contribution is 2.27. The standard InChI is InChI=1S/C26H30N4O5S/c31-24-22-11-4-5-12-23(22)30(26(33)27-24)18-19-7-6-8-20(17-19)25(32)28-13-15-29(16-14-28)36(34,35)21-9-2-1-3-10-21/h4-8,11-12,17,21H,1-3,9-10,13-16,18H2,(H,27,31,33). The van der Waals surface area contributed by atoms with Gasteiger partial charge in [-0.2, -0.15) is 4.31 Å². The number of amides is 1. The largest absolute Gasteiger partial charge is 0.336 e. The number of hydrogen-bond donors (Lipinski definition) is 1. The van der Waals surface area contributed by atoms with Gasteiger partial charge in [-0.1, -0.05) is 43.5 Å². The van der Waals surface area contributed by atoms with E-state index >= 15 is 0 Å². The minimum Gasteiger partial charge on any atom is -0.336 e. The Morgan fingerprint density at radius 2 is 1.64 bits per heavy atom. The number of H-pyrrole nitrogens is 1. The van der Waals surface area contributed by atoms with E-state index in [1.807, 2.05) is 6.07 Å². The number of piperazine rings is 1. The smallest absolute Gasteiger partial charge is 0.329 e. The predicted octanol–water partition coefficient (Wildman–Crippen LogP) is 2.16. The molecule has 3 aromatic rings. The lowest BCUT2D eigenvalue weighted by Crippen LogP contribution is -2.52. The topological polar surface area (TPSA) is 113 Å². The summed E-state index contributed by atoms with van der Waals surface area (Å²) in [6, 6.07) is 14.0. The zero-order valence-electron chi connectivity index (χ0n) is 20.1. The molecule has 5 rings (SSSR count). The zero-order chi connectivity index (χ0) is 25.3. The molecule has 0 unspecified atom stereocenters. The van der Waals surface area contributed by atoms with Crippen molar-refractivity contribution in [2.75, 3.05) is 26.2 Å². The first-order chi connectivity index (χ1) is 17.3. The molecule has 0 atom stereocenters. The normalized spacial score (nSPS) is 17.9. The van der Waals surface area contributed by atoms with Crippen molar-refractivity contribution < 1.29 is 13.2 Å². The lowest BCUT2D eigenvalue weighted by molar-refractivity contribution is 0.0697. The van der Waals surface area contributed by atoms with Crippen LogP contribution in [-0.2, 0) is 16.6 Å². The fraction of sp³-hybridized carbons (Fsp3) is 0.423. The number of nitrogens with one attached hydrogen (secondary N) is 1. The van der Waals surface area contributed by atoms with E-state index in [0.29, 0.717) is 42.6 Å². The highest BCUT2D eigenvalue weighted by molar-refractivity contribution is 7.89. The molecule has 0 bridgehead atoms. The summed E-state index contributed by atoms with van der Waals surface area (Å²) in [5, 5.41) is 0.128. The molecule has 2 fully saturated rings. The number of hydrogen-bond acceptors (Lipinski definition) is 5. The van der Waals surface area contributed by atoms with Gasteiger partial charge in [0.1, 0.15) is 0 Å². The third-order valence-corrected chi connectivity index (χ3v) is 9.68. The second kappa shape index (κ2) is 10.0. The summed E-state index contributed by atoms with van der Waals surface area (Å²) >= 11 is 0. The zero-order valence-corrected chi connectivity index (χ0v) is 20.9. The van der Waals surface area contributed by atoms with Crippen LogP contribution in [0.1, 0.15) is 48.0 Å². The summed E-state index contributed by atoms with van der Waals surface area (Å²) in [6.45, 7) is 1.51. The number of carbonyl (C=O) groups excluding carboxylic acids is 1. The van der Waals surface area contributed by atoms with Crippen LogP contribution in [0, 0.1) is 0 Å². The predicted molar refractivity (Wildman–Crippen MR) is 138 cm³/mol. The molecule has 2 aliphatic rings. The maximum atomic E-state index is 13.2. The van der Waals surface area contributed by atoms with Crippen molar-refractivity contribution in [3.63, 3.8) is 0 Å². The number of nitrogens with zero attached hydrogens (tertiary/aromatic N) is 3. The lowest BCUT2D eigenvalue weighted by atomic mass is 10.0. The molecule has 9 nitrogen and oxygen atoms in total. The maximum absolute atomic E-state index is 13.2. The molecular formula is C26H30N4O5S. The van der Waals surface area contributed by atoms with Crippen molar-refractivity contribution in [2.24, 2.45) is 0 Å². The number of rotatable bonds is 5. The lowest BCUT2D eigenvalue weighted by Gasteiger charge is -2.36. The number of aromatic amines is 1. The van der Waals surface area contributed by atoms with Gasteiger partial charge in [0.25, 0.3) is 11.5 Å². The van der Waals surface area contributed by atoms with Gasteiger partial charge in [-0.3, -0.25) is 19.1 Å². The summed E-state index contributed by atoms with van der Waals surface area (Å²) in [6.07, 6.45) is 4.46. The molecule has 1 N–H and O–H groups in total. The van der Waals surface area contributed by atoms with Gasteiger partial charge < -0.3 is 4.90 Å². The van der Waals surface area contributed by atoms with E-state index in [9.17, 15) is 22.8 Å². The molecule has 2 aromatic carbocycles. The molecule has 1 aromatic heterocycles. The Balaban J connectivity index is 1.30. The summed E-state index contributed by atoms with van der Waals surface area (Å²) in [5.74, 6) is -0.162. The van der Waals surface area contributed by atoms with Crippen molar-refractivity contribution in [1.82, 2.24) is 18.8 Å². The molecule has 2 heterocycles. The number of sulfonamides is 1. The number of carbonyl (C=O) groups is 1. The first-order valence-electron chi connectivity index (χ1n) is 12.4. The number of aromatic nitrogens is 2. The molecule has 1 saturated heterocycles. The molecule has 1 aliphatic carbocycles. The van der Waals surface area contributed by atoms with Crippen LogP contribution >= 0.6 is 0 Å². The van der Waals surface area contributed by atoms with Crippen LogP contribution in [0.5, 0.6) is 0 Å². The van der Waals surface area contributed by atoms with Crippen LogP contribution in [-0.4, -0.2) is 64.5 Å². The quantitative estimate of drug-likeness (QED) is 0.565. The number of fused-ring (bicyclic) bond motifs is 1. The Kier molecular flexibility index (Phi) is 6.81. The first-order valence-corrected chi connectivity index (χ1v) is 13.9. The van der Waals surface area contributed by atoms with E-state index < -0.39 is 21.3 Å². The second-order valence-electron chi connectivity index (χ2n) is 9.56. The van der Waals surface area contributed by atoms with Gasteiger partial charge in [0.2, 0.25) is 10.0 Å². The van der Waals surface area contributed by atoms with Gasteiger partial charge in [0.05, 0.1) is 22.7 Å². The molecule has 0 spiro atoms. The van der Waals surface area contributed by atoms with Crippen molar-refractivity contribution in [2.45, 2.75) is 43.9 Å². The molecule has 0 radical (unpaired) electrons. The van der Waals surface area contributed by atoms with Crippen molar-refractivity contribution in [3.05, 3.63) is 80.5 Å². The summed E-state index contributed by atoms with van der Waals surface area (Å²) < 4.78 is 29.1. The Hall–Kier alpha value is -3.24. The Morgan fingerprint density at radius 3 is 2.39 bits per heavy atom. The van der Waals surface area contributed by atoms with Crippen molar-refractivity contribution in [1.29, 1.82) is 0 Å². The summed E-state index contributed by atoms with van der Waals surface area (Å²) in [4.78, 5) is 41.9. The fourth-order valence-electron chi connectivity index (χ4n) is 5.29. The Morgan fingerprint density at radius 1 is 0.917 bits per heavy atom. The average molecular weight is 511 g/mol. The molecular weight excluding hydrogens is 480 g/mol. The minimum absolute atomic E-state index is 0.162. The molecule has 190 valence electrons. The second-order valence-corrected chi connectivity index (χ2v) is 11.8. The van der Waals surface area contributed by atoms with Crippen LogP contribution in [0.25, 0.3) is 10.9 Å². The van der Waals surface area contributed by atoms with Crippen molar-refractivity contribution >= 4 is 26.8 Å². The van der Waals surface area contributed by atoms with Gasteiger partial charge in [-0.15, -0.1) is 0 Å². The average Bonchev–Trinajstić information content (AvgIpc) is 2.91. The van der Waals surface area contributed by atoms with E-state index in [-0.39, 0.29) is 17.7 Å². The molecule has 10 heteroatoms.